The Bertz CT molecular complexity index is 3740. The molecule has 4 nitrogen and oxygen atoms in total. The van der Waals surface area contributed by atoms with Crippen molar-refractivity contribution in [3.63, 3.8) is 0 Å². The highest BCUT2D eigenvalue weighted by atomic mass is 16.3. The number of pyridine rings is 1. The van der Waals surface area contributed by atoms with Gasteiger partial charge in [-0.25, -0.2) is 4.98 Å². The van der Waals surface area contributed by atoms with Gasteiger partial charge in [-0.2, -0.15) is 0 Å². The largest absolute Gasteiger partial charge is 0.507 e. The number of phenolic OH excluding ortho intramolecular Hbond substituents is 1. The van der Waals surface area contributed by atoms with E-state index < -0.39 is 12.3 Å². The van der Waals surface area contributed by atoms with Crippen molar-refractivity contribution in [2.75, 3.05) is 0 Å². The van der Waals surface area contributed by atoms with Crippen LogP contribution in [0.15, 0.2) is 188 Å². The number of fused-ring (bicyclic) bond motifs is 1. The van der Waals surface area contributed by atoms with E-state index in [0.717, 1.165) is 83.5 Å². The topological polar surface area (TPSA) is 50.9 Å². The molecule has 0 bridgehead atoms. The van der Waals surface area contributed by atoms with Crippen LogP contribution >= 0.6 is 0 Å². The van der Waals surface area contributed by atoms with Crippen LogP contribution in [-0.2, 0) is 16.2 Å². The van der Waals surface area contributed by atoms with Crippen LogP contribution in [0, 0.1) is 13.8 Å². The maximum atomic E-state index is 12.8. The number of benzene rings is 8. The van der Waals surface area contributed by atoms with E-state index in [0.29, 0.717) is 28.2 Å². The summed E-state index contributed by atoms with van der Waals surface area (Å²) >= 11 is 0. The zero-order chi connectivity index (χ0) is 53.2. The average Bonchev–Trinajstić information content (AvgIpc) is 3.78. The van der Waals surface area contributed by atoms with Crippen molar-refractivity contribution >= 4 is 11.0 Å². The molecule has 358 valence electrons. The summed E-state index contributed by atoms with van der Waals surface area (Å²) in [4.78, 5) is 10.7. The first kappa shape index (κ1) is 44.1. The molecule has 0 amide bonds. The number of aromatic hydroxyl groups is 1. The molecule has 0 atom stereocenters. The molecule has 72 heavy (non-hydrogen) atoms. The summed E-state index contributed by atoms with van der Waals surface area (Å²) in [5, 5.41) is 12.8. The van der Waals surface area contributed by atoms with Gasteiger partial charge < -0.3 is 5.11 Å². The molecule has 0 saturated carbocycles. The minimum Gasteiger partial charge on any atom is -0.507 e. The number of para-hydroxylation sites is 1. The van der Waals surface area contributed by atoms with E-state index in [2.05, 4.69) is 207 Å². The molecule has 2 aromatic heterocycles. The molecule has 1 N–H and O–H groups in total. The second kappa shape index (κ2) is 18.4. The van der Waals surface area contributed by atoms with Gasteiger partial charge in [0.25, 0.3) is 0 Å². The van der Waals surface area contributed by atoms with Crippen LogP contribution < -0.4 is 0 Å². The summed E-state index contributed by atoms with van der Waals surface area (Å²) in [5.74, 6) is 0.628. The first-order valence-electron chi connectivity index (χ1n) is 26.5. The maximum absolute atomic E-state index is 12.8. The highest BCUT2D eigenvalue weighted by molar-refractivity contribution is 5.99. The highest BCUT2D eigenvalue weighted by Crippen LogP contribution is 2.47. The van der Waals surface area contributed by atoms with Gasteiger partial charge in [-0.1, -0.05) is 195 Å². The van der Waals surface area contributed by atoms with Gasteiger partial charge in [0, 0.05) is 32.6 Å². The Morgan fingerprint density at radius 1 is 0.458 bits per heavy atom. The Hall–Kier alpha value is -7.82. The molecule has 0 aliphatic heterocycles. The molecule has 0 fully saturated rings. The lowest BCUT2D eigenvalue weighted by atomic mass is 9.79. The van der Waals surface area contributed by atoms with Crippen LogP contribution in [0.2, 0.25) is 0 Å². The molecule has 10 aromatic rings. The predicted molar refractivity (Wildman–Crippen MR) is 304 cm³/mol. The van der Waals surface area contributed by atoms with Gasteiger partial charge in [0.1, 0.15) is 11.6 Å². The number of aryl methyl sites for hydroxylation is 2. The Morgan fingerprint density at radius 2 is 1.07 bits per heavy atom. The van der Waals surface area contributed by atoms with Crippen LogP contribution in [0.4, 0.5) is 0 Å². The molecule has 4 heteroatoms. The Balaban J connectivity index is 1.31. The standard InChI is InChI=1S/C68H65N3O/c1-43-25-27-46(28-26-43)49-33-34-69-60(39-49)52-37-50(45-19-14-12-15-20-45)36-51(38-52)55-23-18-24-61-63(55)70-65(58-40-54(67(6,7)8)41-59(64(58)72)68(9,10)11)71(61)62-35-44(2)56(42-57(62)47-21-16-13-17-22-47)48-29-31-53(32-30-48)66(3,4)5/h12-42,72H,1-11H3/i2D3. The summed E-state index contributed by atoms with van der Waals surface area (Å²) < 4.78 is 29.6. The van der Waals surface area contributed by atoms with E-state index in [9.17, 15) is 9.22 Å². The monoisotopic (exact) mass is 943 g/mol. The molecular weight excluding hydrogens is 875 g/mol. The van der Waals surface area contributed by atoms with E-state index in [4.69, 9.17) is 9.97 Å². The van der Waals surface area contributed by atoms with Crippen molar-refractivity contribution in [2.24, 2.45) is 0 Å². The molecule has 2 heterocycles. The zero-order valence-corrected chi connectivity index (χ0v) is 43.2. The third-order valence-electron chi connectivity index (χ3n) is 14.0. The van der Waals surface area contributed by atoms with Crippen LogP contribution in [0.25, 0.3) is 95.0 Å². The first-order valence-corrected chi connectivity index (χ1v) is 25.0. The van der Waals surface area contributed by atoms with Gasteiger partial charge >= 0.3 is 0 Å². The first-order chi connectivity index (χ1) is 35.5. The Kier molecular flexibility index (Phi) is 11.3. The second-order valence-electron chi connectivity index (χ2n) is 22.4. The minimum absolute atomic E-state index is 0.0844. The molecule has 0 spiro atoms. The fourth-order valence-electron chi connectivity index (χ4n) is 9.82. The molecule has 0 aliphatic rings. The van der Waals surface area contributed by atoms with E-state index in [1.165, 1.54) is 5.56 Å². The summed E-state index contributed by atoms with van der Waals surface area (Å²) in [6.45, 7) is 19.0. The van der Waals surface area contributed by atoms with Crippen molar-refractivity contribution in [2.45, 2.75) is 92.3 Å². The molecule has 0 unspecified atom stereocenters. The zero-order valence-electron chi connectivity index (χ0n) is 46.2. The number of phenols is 1. The number of imidazole rings is 1. The molecule has 0 radical (unpaired) electrons. The highest BCUT2D eigenvalue weighted by Gasteiger charge is 2.30. The normalized spacial score (nSPS) is 12.9. The molecular formula is C68H65N3O. The number of hydrogen-bond acceptors (Lipinski definition) is 3. The molecule has 0 aliphatic carbocycles. The Morgan fingerprint density at radius 3 is 1.72 bits per heavy atom. The predicted octanol–water partition coefficient (Wildman–Crippen LogP) is 18.3. The van der Waals surface area contributed by atoms with E-state index >= 15 is 0 Å². The van der Waals surface area contributed by atoms with Gasteiger partial charge in [0.2, 0.25) is 0 Å². The second-order valence-corrected chi connectivity index (χ2v) is 22.4. The Labute approximate surface area is 431 Å². The quantitative estimate of drug-likeness (QED) is 0.165. The third-order valence-corrected chi connectivity index (χ3v) is 14.0. The fourth-order valence-corrected chi connectivity index (χ4v) is 9.82. The summed E-state index contributed by atoms with van der Waals surface area (Å²) in [7, 11) is 0. The van der Waals surface area contributed by atoms with Crippen molar-refractivity contribution in [1.82, 2.24) is 14.5 Å². The van der Waals surface area contributed by atoms with Crippen molar-refractivity contribution in [1.29, 1.82) is 0 Å². The van der Waals surface area contributed by atoms with Gasteiger partial charge in [-0.15, -0.1) is 0 Å². The number of hydrogen-bond donors (Lipinski definition) is 1. The lowest BCUT2D eigenvalue weighted by molar-refractivity contribution is 0.446. The van der Waals surface area contributed by atoms with Crippen molar-refractivity contribution in [3.05, 3.63) is 216 Å². The van der Waals surface area contributed by atoms with Crippen molar-refractivity contribution < 1.29 is 9.22 Å². The van der Waals surface area contributed by atoms with E-state index in [1.807, 2.05) is 54.7 Å². The smallest absolute Gasteiger partial charge is 0.149 e. The molecule has 10 rings (SSSR count). The van der Waals surface area contributed by atoms with Crippen LogP contribution in [0.5, 0.6) is 5.75 Å². The van der Waals surface area contributed by atoms with E-state index in [1.54, 1.807) is 0 Å². The number of nitrogens with zero attached hydrogens (tertiary/aromatic N) is 3. The summed E-state index contributed by atoms with van der Waals surface area (Å²) in [6, 6.07) is 62.5. The lowest BCUT2D eigenvalue weighted by Crippen LogP contribution is -2.17. The SMILES string of the molecule is [2H]C([2H])([2H])c1cc(-n2c(-c3cc(C(C)(C)C)cc(C(C)(C)C)c3O)nc3c(-c4cc(-c5ccccc5)cc(-c5cc(-c6ccc(C)cc6)ccn5)c4)cccc32)c(-c2ccccc2)cc1-c1ccc(C(C)(C)C)cc1. The molecule has 8 aromatic carbocycles. The summed E-state index contributed by atoms with van der Waals surface area (Å²) in [6.07, 6.45) is 1.88. The third kappa shape index (κ3) is 9.30. The average molecular weight is 943 g/mol. The lowest BCUT2D eigenvalue weighted by Gasteiger charge is -2.28. The van der Waals surface area contributed by atoms with Gasteiger partial charge in [0.05, 0.1) is 28.0 Å². The van der Waals surface area contributed by atoms with Crippen molar-refractivity contribution in [3.8, 4) is 89.7 Å². The van der Waals surface area contributed by atoms with Gasteiger partial charge in [-0.05, 0) is 146 Å². The number of aromatic nitrogens is 3. The van der Waals surface area contributed by atoms with Crippen LogP contribution in [-0.4, -0.2) is 19.6 Å². The van der Waals surface area contributed by atoms with E-state index in [-0.39, 0.29) is 22.1 Å². The minimum atomic E-state index is -2.50. The van der Waals surface area contributed by atoms with Gasteiger partial charge in [-0.3, -0.25) is 9.55 Å². The molecule has 0 saturated heterocycles. The maximum Gasteiger partial charge on any atom is 0.149 e. The van der Waals surface area contributed by atoms with Crippen LogP contribution in [0.3, 0.4) is 0 Å². The fraction of sp³-hybridized carbons (Fsp3) is 0.206. The number of rotatable bonds is 8. The van der Waals surface area contributed by atoms with Gasteiger partial charge in [0.15, 0.2) is 0 Å². The van der Waals surface area contributed by atoms with Crippen LogP contribution in [0.1, 0.15) is 94.2 Å². The summed E-state index contributed by atoms with van der Waals surface area (Å²) in [5.41, 5.74) is 17.3.